The molecule has 2 fully saturated rings. The number of carbonyl (C=O) groups excluding carboxylic acids is 3. The Morgan fingerprint density at radius 1 is 0.969 bits per heavy atom. The van der Waals surface area contributed by atoms with E-state index >= 15 is 0 Å². The molecule has 4 amide bonds. The van der Waals surface area contributed by atoms with Gasteiger partial charge in [0, 0.05) is 55.7 Å². The maximum Gasteiger partial charge on any atom is 0.322 e. The normalized spacial score (nSPS) is 18.8. The van der Waals surface area contributed by atoms with Crippen molar-refractivity contribution in [3.05, 3.63) is 59.6 Å². The van der Waals surface area contributed by atoms with Crippen molar-refractivity contribution < 1.29 is 14.4 Å². The summed E-state index contributed by atoms with van der Waals surface area (Å²) in [5.41, 5.74) is 1.71. The summed E-state index contributed by atoms with van der Waals surface area (Å²) in [5, 5.41) is 6.12. The van der Waals surface area contributed by atoms with Crippen molar-refractivity contribution in [3.8, 4) is 0 Å². The molecule has 0 aliphatic carbocycles. The molecule has 2 aliphatic rings. The predicted octanol–water partition coefficient (Wildman–Crippen LogP) is 2.41. The lowest BCUT2D eigenvalue weighted by molar-refractivity contribution is -0.137. The Bertz CT molecular complexity index is 961. The number of urea groups is 1. The predicted molar refractivity (Wildman–Crippen MR) is 124 cm³/mol. The standard InChI is InChI=1S/C23H26ClN5O3/c24-17-6-8-18(9-7-17)26-23(32)29-11-10-25-22(31)20(29)16-21(30)28-14-12-27(13-15-28)19-4-2-1-3-5-19/h1-9,20H,10-16H2,(H,25,31)(H,26,32)/t20-/m1/s1. The highest BCUT2D eigenvalue weighted by molar-refractivity contribution is 6.30. The molecule has 0 unspecified atom stereocenters. The van der Waals surface area contributed by atoms with Crippen LogP contribution in [0.25, 0.3) is 0 Å². The van der Waals surface area contributed by atoms with Crippen LogP contribution in [0.15, 0.2) is 54.6 Å². The summed E-state index contributed by atoms with van der Waals surface area (Å²) in [7, 11) is 0. The van der Waals surface area contributed by atoms with Crippen molar-refractivity contribution in [2.75, 3.05) is 49.5 Å². The second-order valence-corrected chi connectivity index (χ2v) is 8.28. The van der Waals surface area contributed by atoms with Gasteiger partial charge < -0.3 is 25.3 Å². The van der Waals surface area contributed by atoms with Crippen LogP contribution in [0.3, 0.4) is 0 Å². The van der Waals surface area contributed by atoms with E-state index in [2.05, 4.69) is 27.7 Å². The lowest BCUT2D eigenvalue weighted by atomic mass is 10.1. The number of benzene rings is 2. The minimum atomic E-state index is -0.837. The fraction of sp³-hybridized carbons (Fsp3) is 0.348. The van der Waals surface area contributed by atoms with Crippen LogP contribution in [0, 0.1) is 0 Å². The van der Waals surface area contributed by atoms with Crippen LogP contribution < -0.4 is 15.5 Å². The van der Waals surface area contributed by atoms with Gasteiger partial charge in [-0.2, -0.15) is 0 Å². The number of nitrogens with zero attached hydrogens (tertiary/aromatic N) is 3. The van der Waals surface area contributed by atoms with Gasteiger partial charge in [-0.3, -0.25) is 9.59 Å². The van der Waals surface area contributed by atoms with Gasteiger partial charge in [0.1, 0.15) is 6.04 Å². The average Bonchev–Trinajstić information content (AvgIpc) is 2.82. The third kappa shape index (κ3) is 5.13. The summed E-state index contributed by atoms with van der Waals surface area (Å²) in [6.07, 6.45) is -0.0365. The van der Waals surface area contributed by atoms with Crippen LogP contribution in [0.1, 0.15) is 6.42 Å². The molecule has 2 heterocycles. The first kappa shape index (κ1) is 22.0. The number of halogens is 1. The fourth-order valence-electron chi connectivity index (χ4n) is 4.04. The Morgan fingerprint density at radius 2 is 1.66 bits per heavy atom. The minimum Gasteiger partial charge on any atom is -0.368 e. The van der Waals surface area contributed by atoms with Gasteiger partial charge in [0.25, 0.3) is 0 Å². The number of anilines is 2. The van der Waals surface area contributed by atoms with Gasteiger partial charge in [-0.25, -0.2) is 4.79 Å². The number of piperazine rings is 2. The molecule has 2 saturated heterocycles. The zero-order valence-corrected chi connectivity index (χ0v) is 18.4. The molecule has 2 aliphatic heterocycles. The summed E-state index contributed by atoms with van der Waals surface area (Å²) in [5.74, 6) is -0.428. The van der Waals surface area contributed by atoms with Crippen LogP contribution in [0.4, 0.5) is 16.2 Å². The highest BCUT2D eigenvalue weighted by atomic mass is 35.5. The molecular formula is C23H26ClN5O3. The van der Waals surface area contributed by atoms with E-state index in [1.54, 1.807) is 29.2 Å². The van der Waals surface area contributed by atoms with Crippen LogP contribution >= 0.6 is 11.6 Å². The van der Waals surface area contributed by atoms with Crippen LogP contribution in [-0.2, 0) is 9.59 Å². The second kappa shape index (κ2) is 9.91. The van der Waals surface area contributed by atoms with E-state index in [0.29, 0.717) is 36.9 Å². The summed E-state index contributed by atoms with van der Waals surface area (Å²) < 4.78 is 0. The van der Waals surface area contributed by atoms with Crippen LogP contribution in [0.5, 0.6) is 0 Å². The summed E-state index contributed by atoms with van der Waals surface area (Å²) >= 11 is 5.89. The molecule has 2 aromatic rings. The Hall–Kier alpha value is -3.26. The van der Waals surface area contributed by atoms with Crippen molar-refractivity contribution in [2.24, 2.45) is 0 Å². The molecule has 0 spiro atoms. The Morgan fingerprint density at radius 3 is 2.34 bits per heavy atom. The van der Waals surface area contributed by atoms with Gasteiger partial charge in [-0.1, -0.05) is 29.8 Å². The summed E-state index contributed by atoms with van der Waals surface area (Å²) in [4.78, 5) is 43.8. The SMILES string of the molecule is O=C1NCCN(C(=O)Nc2ccc(Cl)cc2)[C@@H]1CC(=O)N1CCN(c2ccccc2)CC1. The van der Waals surface area contributed by atoms with Gasteiger partial charge in [0.2, 0.25) is 11.8 Å². The first-order valence-electron chi connectivity index (χ1n) is 10.7. The number of para-hydroxylation sites is 1. The van der Waals surface area contributed by atoms with Gasteiger partial charge in [0.05, 0.1) is 6.42 Å². The van der Waals surface area contributed by atoms with E-state index in [9.17, 15) is 14.4 Å². The maximum absolute atomic E-state index is 13.0. The first-order chi connectivity index (χ1) is 15.5. The minimum absolute atomic E-state index is 0.0365. The van der Waals surface area contributed by atoms with Gasteiger partial charge in [-0.05, 0) is 36.4 Å². The molecule has 8 nitrogen and oxygen atoms in total. The fourth-order valence-corrected chi connectivity index (χ4v) is 4.16. The zero-order chi connectivity index (χ0) is 22.5. The highest BCUT2D eigenvalue weighted by Crippen LogP contribution is 2.19. The molecule has 0 radical (unpaired) electrons. The molecular weight excluding hydrogens is 430 g/mol. The van der Waals surface area contributed by atoms with E-state index in [4.69, 9.17) is 11.6 Å². The maximum atomic E-state index is 13.0. The highest BCUT2D eigenvalue weighted by Gasteiger charge is 2.36. The second-order valence-electron chi connectivity index (χ2n) is 7.84. The number of hydrogen-bond donors (Lipinski definition) is 2. The number of amides is 4. The Labute approximate surface area is 192 Å². The Kier molecular flexibility index (Phi) is 6.80. The van der Waals surface area contributed by atoms with Crippen molar-refractivity contribution in [2.45, 2.75) is 12.5 Å². The largest absolute Gasteiger partial charge is 0.368 e. The summed E-state index contributed by atoms with van der Waals surface area (Å²) in [6, 6.07) is 15.6. The number of nitrogens with one attached hydrogen (secondary N) is 2. The molecule has 4 rings (SSSR count). The number of hydrogen-bond acceptors (Lipinski definition) is 4. The van der Waals surface area contributed by atoms with Crippen molar-refractivity contribution >= 4 is 40.8 Å². The quantitative estimate of drug-likeness (QED) is 0.741. The number of carbonyl (C=O) groups is 3. The van der Waals surface area contributed by atoms with E-state index in [-0.39, 0.29) is 18.2 Å². The lowest BCUT2D eigenvalue weighted by Crippen LogP contribution is -2.60. The third-order valence-corrected chi connectivity index (χ3v) is 6.06. The van der Waals surface area contributed by atoms with E-state index in [0.717, 1.165) is 18.8 Å². The van der Waals surface area contributed by atoms with Crippen molar-refractivity contribution in [3.63, 3.8) is 0 Å². The van der Waals surface area contributed by atoms with Crippen molar-refractivity contribution in [1.82, 2.24) is 15.1 Å². The van der Waals surface area contributed by atoms with E-state index in [1.807, 2.05) is 18.2 Å². The van der Waals surface area contributed by atoms with Gasteiger partial charge in [0.15, 0.2) is 0 Å². The molecule has 2 N–H and O–H groups in total. The molecule has 2 aromatic carbocycles. The molecule has 1 atom stereocenters. The van der Waals surface area contributed by atoms with Crippen molar-refractivity contribution in [1.29, 1.82) is 0 Å². The zero-order valence-electron chi connectivity index (χ0n) is 17.7. The van der Waals surface area contributed by atoms with Crippen LogP contribution in [0.2, 0.25) is 5.02 Å². The summed E-state index contributed by atoms with van der Waals surface area (Å²) in [6.45, 7) is 3.32. The molecule has 168 valence electrons. The van der Waals surface area contributed by atoms with Gasteiger partial charge in [-0.15, -0.1) is 0 Å². The third-order valence-electron chi connectivity index (χ3n) is 5.81. The van der Waals surface area contributed by atoms with Gasteiger partial charge >= 0.3 is 6.03 Å². The topological polar surface area (TPSA) is 85.0 Å². The van der Waals surface area contributed by atoms with Crippen LogP contribution in [-0.4, -0.2) is 73.0 Å². The molecule has 0 bridgehead atoms. The Balaban J connectivity index is 1.36. The smallest absolute Gasteiger partial charge is 0.322 e. The average molecular weight is 456 g/mol. The lowest BCUT2D eigenvalue weighted by Gasteiger charge is -2.38. The molecule has 0 saturated carbocycles. The number of rotatable bonds is 4. The molecule has 32 heavy (non-hydrogen) atoms. The monoisotopic (exact) mass is 455 g/mol. The van der Waals surface area contributed by atoms with E-state index < -0.39 is 12.1 Å². The first-order valence-corrected chi connectivity index (χ1v) is 11.1. The van der Waals surface area contributed by atoms with E-state index in [1.165, 1.54) is 4.90 Å². The molecule has 0 aromatic heterocycles. The molecule has 9 heteroatoms.